The van der Waals surface area contributed by atoms with Gasteiger partial charge in [-0.3, -0.25) is 4.79 Å². The van der Waals surface area contributed by atoms with Crippen LogP contribution in [0.2, 0.25) is 0 Å². The van der Waals surface area contributed by atoms with Gasteiger partial charge in [-0.2, -0.15) is 0 Å². The maximum Gasteiger partial charge on any atom is 0.255 e. The summed E-state index contributed by atoms with van der Waals surface area (Å²) in [4.78, 5) is 14.6. The van der Waals surface area contributed by atoms with Crippen LogP contribution in [0.1, 0.15) is 42.6 Å². The molecule has 1 N–H and O–H groups in total. The number of hydrogen-bond donors (Lipinski definition) is 1. The number of piperidine rings is 1. The van der Waals surface area contributed by atoms with Gasteiger partial charge in [0.2, 0.25) is 0 Å². The number of likely N-dealkylation sites (tertiary alicyclic amines) is 1. The van der Waals surface area contributed by atoms with E-state index in [2.05, 4.69) is 19.2 Å². The first-order valence-corrected chi connectivity index (χ1v) is 7.01. The molecule has 3 heteroatoms. The van der Waals surface area contributed by atoms with Crippen LogP contribution >= 0.6 is 0 Å². The highest BCUT2D eigenvalue weighted by molar-refractivity contribution is 5.99. The molecule has 0 saturated carbocycles. The normalized spacial score (nSPS) is 18.2. The van der Waals surface area contributed by atoms with Crippen LogP contribution in [-0.2, 0) is 0 Å². The first-order chi connectivity index (χ1) is 8.93. The molecule has 0 unspecified atom stereocenters. The number of carbonyl (C=O) groups excluding carboxylic acids is 1. The van der Waals surface area contributed by atoms with Gasteiger partial charge in [0, 0.05) is 25.8 Å². The Morgan fingerprint density at radius 2 is 1.89 bits per heavy atom. The summed E-state index contributed by atoms with van der Waals surface area (Å²) in [6.07, 6.45) is 2.17. The molecule has 0 bridgehead atoms. The van der Waals surface area contributed by atoms with Crippen molar-refractivity contribution in [3.05, 3.63) is 29.3 Å². The van der Waals surface area contributed by atoms with Gasteiger partial charge in [-0.25, -0.2) is 0 Å². The zero-order valence-corrected chi connectivity index (χ0v) is 12.4. The number of nitrogens with zero attached hydrogens (tertiary/aromatic N) is 1. The fourth-order valence-electron chi connectivity index (χ4n) is 2.54. The van der Waals surface area contributed by atoms with E-state index in [4.69, 9.17) is 0 Å². The maximum absolute atomic E-state index is 12.6. The molecule has 1 heterocycles. The SMILES string of the molecule is CNc1cc(C)ccc1C(=O)N1CCC(C)(C)CC1. The zero-order chi connectivity index (χ0) is 14.0. The molecule has 0 aromatic heterocycles. The minimum Gasteiger partial charge on any atom is -0.387 e. The van der Waals surface area contributed by atoms with Crippen LogP contribution in [0.4, 0.5) is 5.69 Å². The molecule has 0 aliphatic carbocycles. The fourth-order valence-corrected chi connectivity index (χ4v) is 2.54. The van der Waals surface area contributed by atoms with Crippen molar-refractivity contribution in [2.75, 3.05) is 25.5 Å². The van der Waals surface area contributed by atoms with Crippen LogP contribution in [0.15, 0.2) is 18.2 Å². The van der Waals surface area contributed by atoms with Gasteiger partial charge in [0.15, 0.2) is 0 Å². The molecule has 3 nitrogen and oxygen atoms in total. The molecule has 1 aliphatic rings. The predicted molar refractivity (Wildman–Crippen MR) is 79.6 cm³/mol. The second-order valence-corrected chi connectivity index (χ2v) is 6.26. The van der Waals surface area contributed by atoms with Gasteiger partial charge in [0.1, 0.15) is 0 Å². The Morgan fingerprint density at radius 3 is 2.47 bits per heavy atom. The highest BCUT2D eigenvalue weighted by Crippen LogP contribution is 2.31. The van der Waals surface area contributed by atoms with Gasteiger partial charge >= 0.3 is 0 Å². The molecule has 1 fully saturated rings. The van der Waals surface area contributed by atoms with Crippen molar-refractivity contribution in [2.24, 2.45) is 5.41 Å². The number of hydrogen-bond acceptors (Lipinski definition) is 2. The van der Waals surface area contributed by atoms with E-state index in [9.17, 15) is 4.79 Å². The molecule has 1 saturated heterocycles. The molecular weight excluding hydrogens is 236 g/mol. The lowest BCUT2D eigenvalue weighted by atomic mass is 9.82. The Balaban J connectivity index is 2.16. The molecule has 0 radical (unpaired) electrons. The first kappa shape index (κ1) is 13.9. The minimum atomic E-state index is 0.153. The van der Waals surface area contributed by atoms with E-state index in [1.807, 2.05) is 37.1 Å². The average molecular weight is 260 g/mol. The van der Waals surface area contributed by atoms with Crippen molar-refractivity contribution in [3.8, 4) is 0 Å². The van der Waals surface area contributed by atoms with Crippen molar-refractivity contribution in [1.29, 1.82) is 0 Å². The second kappa shape index (κ2) is 5.24. The fraction of sp³-hybridized carbons (Fsp3) is 0.562. The lowest BCUT2D eigenvalue weighted by molar-refractivity contribution is 0.0631. The van der Waals surface area contributed by atoms with E-state index in [0.29, 0.717) is 5.41 Å². The molecule has 1 aromatic rings. The van der Waals surface area contributed by atoms with Gasteiger partial charge in [0.25, 0.3) is 5.91 Å². The zero-order valence-electron chi connectivity index (χ0n) is 12.4. The van der Waals surface area contributed by atoms with Crippen LogP contribution in [0.25, 0.3) is 0 Å². The smallest absolute Gasteiger partial charge is 0.255 e. The number of nitrogens with one attached hydrogen (secondary N) is 1. The molecule has 1 aromatic carbocycles. The van der Waals surface area contributed by atoms with Crippen LogP contribution < -0.4 is 5.32 Å². The lowest BCUT2D eigenvalue weighted by Gasteiger charge is -2.37. The molecule has 0 spiro atoms. The Bertz CT molecular complexity index is 470. The largest absolute Gasteiger partial charge is 0.387 e. The first-order valence-electron chi connectivity index (χ1n) is 7.01. The summed E-state index contributed by atoms with van der Waals surface area (Å²) < 4.78 is 0. The van der Waals surface area contributed by atoms with Gasteiger partial charge in [-0.1, -0.05) is 19.9 Å². The number of anilines is 1. The molecule has 19 heavy (non-hydrogen) atoms. The van der Waals surface area contributed by atoms with Gasteiger partial charge in [-0.15, -0.1) is 0 Å². The van der Waals surface area contributed by atoms with Crippen molar-refractivity contribution < 1.29 is 4.79 Å². The summed E-state index contributed by atoms with van der Waals surface area (Å²) in [6, 6.07) is 5.96. The van der Waals surface area contributed by atoms with E-state index < -0.39 is 0 Å². The Morgan fingerprint density at radius 1 is 1.26 bits per heavy atom. The Hall–Kier alpha value is -1.51. The van der Waals surface area contributed by atoms with Gasteiger partial charge in [-0.05, 0) is 42.9 Å². The number of rotatable bonds is 2. The predicted octanol–water partition coefficient (Wildman–Crippen LogP) is 3.30. The van der Waals surface area contributed by atoms with Crippen LogP contribution in [0, 0.1) is 12.3 Å². The summed E-state index contributed by atoms with van der Waals surface area (Å²) >= 11 is 0. The van der Waals surface area contributed by atoms with Gasteiger partial charge < -0.3 is 10.2 Å². The van der Waals surface area contributed by atoms with E-state index in [1.54, 1.807) is 0 Å². The van der Waals surface area contributed by atoms with Crippen molar-refractivity contribution in [1.82, 2.24) is 4.90 Å². The quantitative estimate of drug-likeness (QED) is 0.885. The summed E-state index contributed by atoms with van der Waals surface area (Å²) in [6.45, 7) is 8.32. The second-order valence-electron chi connectivity index (χ2n) is 6.26. The van der Waals surface area contributed by atoms with Crippen molar-refractivity contribution >= 4 is 11.6 Å². The third-order valence-electron chi connectivity index (χ3n) is 4.08. The van der Waals surface area contributed by atoms with Crippen molar-refractivity contribution in [3.63, 3.8) is 0 Å². The van der Waals surface area contributed by atoms with Crippen molar-refractivity contribution in [2.45, 2.75) is 33.6 Å². The lowest BCUT2D eigenvalue weighted by Crippen LogP contribution is -2.41. The standard InChI is InChI=1S/C16H24N2O/c1-12-5-6-13(14(11-12)17-4)15(19)18-9-7-16(2,3)8-10-18/h5-6,11,17H,7-10H2,1-4H3. The number of carbonyl (C=O) groups is 1. The van der Waals surface area contributed by atoms with E-state index >= 15 is 0 Å². The van der Waals surface area contributed by atoms with Gasteiger partial charge in [0.05, 0.1) is 5.56 Å². The molecule has 1 aliphatic heterocycles. The minimum absolute atomic E-state index is 0.153. The number of amides is 1. The third-order valence-corrected chi connectivity index (χ3v) is 4.08. The summed E-state index contributed by atoms with van der Waals surface area (Å²) in [5.74, 6) is 0.153. The molecule has 0 atom stereocenters. The van der Waals surface area contributed by atoms with E-state index in [-0.39, 0.29) is 5.91 Å². The highest BCUT2D eigenvalue weighted by Gasteiger charge is 2.29. The number of benzene rings is 1. The Kier molecular flexibility index (Phi) is 3.83. The summed E-state index contributed by atoms with van der Waals surface area (Å²) in [7, 11) is 1.87. The third kappa shape index (κ3) is 3.09. The van der Waals surface area contributed by atoms with Crippen LogP contribution in [0.5, 0.6) is 0 Å². The average Bonchev–Trinajstić information content (AvgIpc) is 2.37. The number of aryl methyl sites for hydroxylation is 1. The summed E-state index contributed by atoms with van der Waals surface area (Å²) in [5, 5.41) is 3.13. The molecule has 2 rings (SSSR count). The summed E-state index contributed by atoms with van der Waals surface area (Å²) in [5.41, 5.74) is 3.25. The van der Waals surface area contributed by atoms with Crippen LogP contribution in [-0.4, -0.2) is 30.9 Å². The molecular formula is C16H24N2O. The van der Waals surface area contributed by atoms with Crippen LogP contribution in [0.3, 0.4) is 0 Å². The van der Waals surface area contributed by atoms with E-state index in [0.717, 1.165) is 37.2 Å². The highest BCUT2D eigenvalue weighted by atomic mass is 16.2. The van der Waals surface area contributed by atoms with E-state index in [1.165, 1.54) is 5.56 Å². The Labute approximate surface area is 116 Å². The topological polar surface area (TPSA) is 32.3 Å². The monoisotopic (exact) mass is 260 g/mol. The maximum atomic E-state index is 12.6. The molecule has 1 amide bonds. The molecule has 104 valence electrons.